The maximum absolute atomic E-state index is 10.8. The van der Waals surface area contributed by atoms with E-state index < -0.39 is 4.92 Å². The molecule has 17 heavy (non-hydrogen) atoms. The number of hydrogen-bond acceptors (Lipinski definition) is 5. The summed E-state index contributed by atoms with van der Waals surface area (Å²) >= 11 is 5.67. The molecular weight excluding hydrogens is 248 g/mol. The molecule has 86 valence electrons. The normalized spacial score (nSPS) is 10.2. The summed E-state index contributed by atoms with van der Waals surface area (Å²) in [5, 5.41) is 18.2. The maximum atomic E-state index is 10.8. The molecule has 1 aromatic carbocycles. The van der Waals surface area contributed by atoms with Gasteiger partial charge >= 0.3 is 0 Å². The molecule has 0 amide bonds. The van der Waals surface area contributed by atoms with Gasteiger partial charge in [0.1, 0.15) is 11.4 Å². The van der Waals surface area contributed by atoms with Crippen LogP contribution in [0.5, 0.6) is 0 Å². The number of aromatic nitrogens is 3. The molecular formula is C9H5ClN4O3. The van der Waals surface area contributed by atoms with Gasteiger partial charge in [0.2, 0.25) is 0 Å². The van der Waals surface area contributed by atoms with Crippen molar-refractivity contribution in [3.63, 3.8) is 0 Å². The zero-order chi connectivity index (χ0) is 12.4. The fraction of sp³-hybridized carbons (Fsp3) is 0. The van der Waals surface area contributed by atoms with E-state index in [0.29, 0.717) is 6.29 Å². The lowest BCUT2D eigenvalue weighted by Crippen LogP contribution is -2.00. The van der Waals surface area contributed by atoms with E-state index in [2.05, 4.69) is 10.3 Å². The Morgan fingerprint density at radius 3 is 2.82 bits per heavy atom. The summed E-state index contributed by atoms with van der Waals surface area (Å²) < 4.78 is 1.15. The number of hydrogen-bond donors (Lipinski definition) is 0. The Bertz CT molecular complexity index is 596. The van der Waals surface area contributed by atoms with Crippen molar-refractivity contribution >= 4 is 23.6 Å². The third-order valence-electron chi connectivity index (χ3n) is 2.01. The highest BCUT2D eigenvalue weighted by atomic mass is 35.5. The molecule has 0 saturated carbocycles. The summed E-state index contributed by atoms with van der Waals surface area (Å²) in [7, 11) is 0. The van der Waals surface area contributed by atoms with E-state index >= 15 is 0 Å². The van der Waals surface area contributed by atoms with Gasteiger partial charge in [-0.3, -0.25) is 14.9 Å². The molecule has 1 heterocycles. The molecule has 0 atom stereocenters. The highest BCUT2D eigenvalue weighted by Crippen LogP contribution is 2.25. The molecule has 0 N–H and O–H groups in total. The predicted octanol–water partition coefficient (Wildman–Crippen LogP) is 1.64. The van der Waals surface area contributed by atoms with Crippen molar-refractivity contribution in [3.8, 4) is 5.69 Å². The minimum atomic E-state index is -0.580. The van der Waals surface area contributed by atoms with Gasteiger partial charge in [0.15, 0.2) is 6.29 Å². The lowest BCUT2D eigenvalue weighted by Gasteiger charge is -2.01. The number of rotatable bonds is 3. The molecule has 1 aromatic heterocycles. The van der Waals surface area contributed by atoms with Crippen LogP contribution < -0.4 is 0 Å². The van der Waals surface area contributed by atoms with Crippen LogP contribution in [0.2, 0.25) is 5.02 Å². The van der Waals surface area contributed by atoms with E-state index in [4.69, 9.17) is 11.6 Å². The number of benzene rings is 1. The molecule has 2 aromatic rings. The van der Waals surface area contributed by atoms with Crippen molar-refractivity contribution in [2.75, 3.05) is 0 Å². The molecule has 0 aliphatic rings. The predicted molar refractivity (Wildman–Crippen MR) is 58.4 cm³/mol. The number of carbonyl (C=O) groups is 1. The Morgan fingerprint density at radius 2 is 2.24 bits per heavy atom. The average molecular weight is 253 g/mol. The van der Waals surface area contributed by atoms with E-state index in [-0.39, 0.29) is 22.1 Å². The summed E-state index contributed by atoms with van der Waals surface area (Å²) in [5.74, 6) is 0. The van der Waals surface area contributed by atoms with E-state index in [1.165, 1.54) is 24.4 Å². The van der Waals surface area contributed by atoms with Gasteiger partial charge in [0.05, 0.1) is 11.1 Å². The second-order valence-electron chi connectivity index (χ2n) is 3.10. The molecule has 0 fully saturated rings. The summed E-state index contributed by atoms with van der Waals surface area (Å²) in [5.41, 5.74) is 0.0779. The first-order chi connectivity index (χ1) is 8.11. The second-order valence-corrected chi connectivity index (χ2v) is 3.53. The lowest BCUT2D eigenvalue weighted by atomic mass is 10.2. The van der Waals surface area contributed by atoms with E-state index in [0.717, 1.165) is 4.68 Å². The average Bonchev–Trinajstić information content (AvgIpc) is 2.77. The van der Waals surface area contributed by atoms with Crippen LogP contribution in [0.25, 0.3) is 5.69 Å². The molecule has 8 heteroatoms. The molecule has 0 bridgehead atoms. The van der Waals surface area contributed by atoms with Gasteiger partial charge in [0.25, 0.3) is 5.69 Å². The Morgan fingerprint density at radius 1 is 1.47 bits per heavy atom. The van der Waals surface area contributed by atoms with Gasteiger partial charge < -0.3 is 0 Å². The quantitative estimate of drug-likeness (QED) is 0.470. The fourth-order valence-corrected chi connectivity index (χ4v) is 1.45. The molecule has 0 aliphatic heterocycles. The van der Waals surface area contributed by atoms with Crippen LogP contribution in [0.15, 0.2) is 24.4 Å². The highest BCUT2D eigenvalue weighted by Gasteiger charge is 2.17. The summed E-state index contributed by atoms with van der Waals surface area (Å²) in [6, 6.07) is 4.13. The zero-order valence-corrected chi connectivity index (χ0v) is 9.03. The minimum absolute atomic E-state index is 0.0919. The Kier molecular flexibility index (Phi) is 2.84. The molecule has 0 spiro atoms. The Labute approximate surface area is 99.8 Å². The molecule has 0 unspecified atom stereocenters. The van der Waals surface area contributed by atoms with Crippen molar-refractivity contribution in [1.82, 2.24) is 15.0 Å². The fourth-order valence-electron chi connectivity index (χ4n) is 1.29. The van der Waals surface area contributed by atoms with Crippen LogP contribution >= 0.6 is 11.6 Å². The number of halogens is 1. The van der Waals surface area contributed by atoms with Gasteiger partial charge in [0, 0.05) is 11.1 Å². The number of aldehydes is 1. The van der Waals surface area contributed by atoms with Gasteiger partial charge in [-0.1, -0.05) is 16.8 Å². The third kappa shape index (κ3) is 2.13. The highest BCUT2D eigenvalue weighted by molar-refractivity contribution is 6.30. The Hall–Kier alpha value is -2.28. The SMILES string of the molecule is O=Cc1cn(-c2ccc(Cl)cc2[N+](=O)[O-])nn1. The molecule has 0 saturated heterocycles. The Balaban J connectivity index is 2.58. The number of nitrogens with zero attached hydrogens (tertiary/aromatic N) is 4. The first-order valence-corrected chi connectivity index (χ1v) is 4.81. The molecule has 7 nitrogen and oxygen atoms in total. The van der Waals surface area contributed by atoms with Crippen LogP contribution in [-0.4, -0.2) is 26.2 Å². The topological polar surface area (TPSA) is 90.9 Å². The van der Waals surface area contributed by atoms with E-state index in [1.54, 1.807) is 0 Å². The van der Waals surface area contributed by atoms with Crippen LogP contribution in [-0.2, 0) is 0 Å². The van der Waals surface area contributed by atoms with E-state index in [1.807, 2.05) is 0 Å². The summed E-state index contributed by atoms with van der Waals surface area (Å²) in [4.78, 5) is 20.7. The smallest absolute Gasteiger partial charge is 0.296 e. The standard InChI is InChI=1S/C9H5ClN4O3/c10-6-1-2-8(9(3-6)14(16)17)13-4-7(5-15)11-12-13/h1-5H. The molecule has 0 radical (unpaired) electrons. The third-order valence-corrected chi connectivity index (χ3v) is 2.25. The number of nitro benzene ring substituents is 1. The lowest BCUT2D eigenvalue weighted by molar-refractivity contribution is -0.384. The maximum Gasteiger partial charge on any atom is 0.296 e. The summed E-state index contributed by atoms with van der Waals surface area (Å²) in [6.45, 7) is 0. The second kappa shape index (κ2) is 4.30. The van der Waals surface area contributed by atoms with Crippen LogP contribution in [0.3, 0.4) is 0 Å². The van der Waals surface area contributed by atoms with E-state index in [9.17, 15) is 14.9 Å². The zero-order valence-electron chi connectivity index (χ0n) is 8.28. The van der Waals surface area contributed by atoms with Crippen LogP contribution in [0, 0.1) is 10.1 Å². The van der Waals surface area contributed by atoms with Gasteiger partial charge in [-0.15, -0.1) is 5.10 Å². The number of nitro groups is 1. The van der Waals surface area contributed by atoms with Crippen molar-refractivity contribution in [2.45, 2.75) is 0 Å². The van der Waals surface area contributed by atoms with Crippen molar-refractivity contribution in [3.05, 3.63) is 45.2 Å². The van der Waals surface area contributed by atoms with Crippen LogP contribution in [0.1, 0.15) is 10.5 Å². The molecule has 0 aliphatic carbocycles. The monoisotopic (exact) mass is 252 g/mol. The van der Waals surface area contributed by atoms with Crippen molar-refractivity contribution in [1.29, 1.82) is 0 Å². The first kappa shape index (κ1) is 11.2. The summed E-state index contributed by atoms with van der Waals surface area (Å²) in [6.07, 6.45) is 1.80. The molecule has 2 rings (SSSR count). The van der Waals surface area contributed by atoms with Crippen molar-refractivity contribution in [2.24, 2.45) is 0 Å². The van der Waals surface area contributed by atoms with Crippen LogP contribution in [0.4, 0.5) is 5.69 Å². The largest absolute Gasteiger partial charge is 0.296 e. The van der Waals surface area contributed by atoms with Gasteiger partial charge in [-0.2, -0.15) is 0 Å². The van der Waals surface area contributed by atoms with Crippen molar-refractivity contribution < 1.29 is 9.72 Å². The first-order valence-electron chi connectivity index (χ1n) is 4.43. The van der Waals surface area contributed by atoms with Gasteiger partial charge in [-0.25, -0.2) is 4.68 Å². The minimum Gasteiger partial charge on any atom is -0.296 e. The number of carbonyl (C=O) groups excluding carboxylic acids is 1. The van der Waals surface area contributed by atoms with Gasteiger partial charge in [-0.05, 0) is 12.1 Å².